The molecule has 0 aromatic heterocycles. The first-order chi connectivity index (χ1) is 15.7. The lowest BCUT2D eigenvalue weighted by atomic mass is 9.58. The number of fused-ring (bicyclic) bond motifs is 1. The van der Waals surface area contributed by atoms with Crippen LogP contribution in [0.2, 0.25) is 0 Å². The normalized spacial score (nSPS) is 18.5. The number of benzene rings is 3. The molecule has 1 aliphatic carbocycles. The van der Waals surface area contributed by atoms with Crippen LogP contribution in [0, 0.1) is 0 Å². The smallest absolute Gasteiger partial charge is 0.162 e. The molecule has 0 saturated heterocycles. The monoisotopic (exact) mass is 443 g/mol. The molecular formula is C28H29NO2S. The molecule has 5 rings (SSSR count). The Kier molecular flexibility index (Phi) is 5.97. The summed E-state index contributed by atoms with van der Waals surface area (Å²) in [6.45, 7) is 0.518. The molecule has 1 saturated carbocycles. The van der Waals surface area contributed by atoms with Gasteiger partial charge in [0.2, 0.25) is 0 Å². The number of aliphatic imine (C=N–C) groups is 1. The standard InChI is InChI=1S/C28H29NO2S/c1-30-24-17-21-13-16-29-27(22(21)18-25(24)31-19-20-9-4-3-5-10-20)28(14-8-15-28)23-11-6-7-12-26(23)32-2/h3-7,9-12,16-18,27H,8,13-15,19H2,1-2H3. The third-order valence-electron chi connectivity index (χ3n) is 6.94. The Labute approximate surface area is 194 Å². The van der Waals surface area contributed by atoms with E-state index in [-0.39, 0.29) is 11.5 Å². The molecule has 164 valence electrons. The van der Waals surface area contributed by atoms with Gasteiger partial charge in [-0.25, -0.2) is 0 Å². The second kappa shape index (κ2) is 9.03. The van der Waals surface area contributed by atoms with Crippen LogP contribution in [0.4, 0.5) is 0 Å². The Bertz CT molecular complexity index is 1120. The highest BCUT2D eigenvalue weighted by atomic mass is 32.2. The lowest BCUT2D eigenvalue weighted by molar-refractivity contribution is 0.192. The van der Waals surface area contributed by atoms with Crippen molar-refractivity contribution < 1.29 is 9.47 Å². The summed E-state index contributed by atoms with van der Waals surface area (Å²) in [7, 11) is 1.72. The molecule has 3 aromatic carbocycles. The SMILES string of the molecule is COc1cc2c(cc1OCc1ccccc1)C(C1(c3ccccc3SC)CCC1)N=CC2. The van der Waals surface area contributed by atoms with Gasteiger partial charge in [0.25, 0.3) is 0 Å². The maximum absolute atomic E-state index is 6.26. The maximum atomic E-state index is 6.26. The van der Waals surface area contributed by atoms with Crippen molar-refractivity contribution in [1.82, 2.24) is 0 Å². The zero-order chi connectivity index (χ0) is 22.0. The van der Waals surface area contributed by atoms with Gasteiger partial charge in [-0.15, -0.1) is 11.8 Å². The average Bonchev–Trinajstić information content (AvgIpc) is 2.82. The second-order valence-corrected chi connectivity index (χ2v) is 9.47. The summed E-state index contributed by atoms with van der Waals surface area (Å²) in [6, 6.07) is 23.6. The highest BCUT2D eigenvalue weighted by Crippen LogP contribution is 2.57. The quantitative estimate of drug-likeness (QED) is 0.377. The molecule has 0 spiro atoms. The molecule has 1 atom stereocenters. The maximum Gasteiger partial charge on any atom is 0.162 e. The summed E-state index contributed by atoms with van der Waals surface area (Å²) in [5.74, 6) is 1.59. The number of rotatable bonds is 7. The Hall–Kier alpha value is -2.72. The van der Waals surface area contributed by atoms with Crippen LogP contribution < -0.4 is 9.47 Å². The average molecular weight is 444 g/mol. The Balaban J connectivity index is 1.54. The number of methoxy groups -OCH3 is 1. The molecule has 0 radical (unpaired) electrons. The van der Waals surface area contributed by atoms with Crippen LogP contribution in [0.1, 0.15) is 47.6 Å². The molecule has 0 bridgehead atoms. The fraction of sp³-hybridized carbons (Fsp3) is 0.321. The lowest BCUT2D eigenvalue weighted by Crippen LogP contribution is -2.41. The third kappa shape index (κ3) is 3.71. The Morgan fingerprint density at radius 1 is 1.00 bits per heavy atom. The van der Waals surface area contributed by atoms with Crippen LogP contribution in [0.5, 0.6) is 11.5 Å². The molecular weight excluding hydrogens is 414 g/mol. The van der Waals surface area contributed by atoms with Gasteiger partial charge in [0.1, 0.15) is 6.61 Å². The van der Waals surface area contributed by atoms with Crippen LogP contribution in [0.3, 0.4) is 0 Å². The van der Waals surface area contributed by atoms with Gasteiger partial charge >= 0.3 is 0 Å². The van der Waals surface area contributed by atoms with Gasteiger partial charge in [-0.2, -0.15) is 0 Å². The van der Waals surface area contributed by atoms with Crippen molar-refractivity contribution in [2.45, 2.75) is 48.6 Å². The van der Waals surface area contributed by atoms with Gasteiger partial charge in [0.05, 0.1) is 13.2 Å². The number of thioether (sulfide) groups is 1. The van der Waals surface area contributed by atoms with E-state index in [9.17, 15) is 0 Å². The molecule has 3 aromatic rings. The van der Waals surface area contributed by atoms with Crippen molar-refractivity contribution in [2.24, 2.45) is 4.99 Å². The number of ether oxygens (including phenoxy) is 2. The van der Waals surface area contributed by atoms with Crippen LogP contribution in [-0.4, -0.2) is 19.6 Å². The molecule has 1 heterocycles. The lowest BCUT2D eigenvalue weighted by Gasteiger charge is -2.48. The third-order valence-corrected chi connectivity index (χ3v) is 7.73. The topological polar surface area (TPSA) is 30.8 Å². The fourth-order valence-electron chi connectivity index (χ4n) is 5.14. The highest BCUT2D eigenvalue weighted by Gasteiger charge is 2.48. The number of nitrogens with zero attached hydrogens (tertiary/aromatic N) is 1. The minimum Gasteiger partial charge on any atom is -0.493 e. The van der Waals surface area contributed by atoms with E-state index in [0.717, 1.165) is 36.3 Å². The van der Waals surface area contributed by atoms with Crippen molar-refractivity contribution in [3.8, 4) is 11.5 Å². The molecule has 1 aliphatic heterocycles. The van der Waals surface area contributed by atoms with E-state index in [1.807, 2.05) is 30.0 Å². The van der Waals surface area contributed by atoms with E-state index in [2.05, 4.69) is 61.0 Å². The molecule has 1 fully saturated rings. The molecule has 0 amide bonds. The van der Waals surface area contributed by atoms with Crippen molar-refractivity contribution in [3.63, 3.8) is 0 Å². The van der Waals surface area contributed by atoms with E-state index in [4.69, 9.17) is 14.5 Å². The molecule has 3 nitrogen and oxygen atoms in total. The fourth-order valence-corrected chi connectivity index (χ4v) is 5.84. The molecule has 2 aliphatic rings. The van der Waals surface area contributed by atoms with E-state index in [1.54, 1.807) is 7.11 Å². The zero-order valence-corrected chi connectivity index (χ0v) is 19.5. The van der Waals surface area contributed by atoms with Crippen LogP contribution in [0.15, 0.2) is 76.6 Å². The summed E-state index contributed by atoms with van der Waals surface area (Å²) in [5.41, 5.74) is 5.22. The van der Waals surface area contributed by atoms with Gasteiger partial charge in [-0.05, 0) is 59.6 Å². The first-order valence-corrected chi connectivity index (χ1v) is 12.5. The van der Waals surface area contributed by atoms with Crippen molar-refractivity contribution in [1.29, 1.82) is 0 Å². The number of hydrogen-bond donors (Lipinski definition) is 0. The number of hydrogen-bond acceptors (Lipinski definition) is 4. The van der Waals surface area contributed by atoms with Gasteiger partial charge < -0.3 is 9.47 Å². The first kappa shape index (κ1) is 21.1. The van der Waals surface area contributed by atoms with E-state index < -0.39 is 0 Å². The van der Waals surface area contributed by atoms with Crippen LogP contribution in [0.25, 0.3) is 0 Å². The van der Waals surface area contributed by atoms with E-state index >= 15 is 0 Å². The molecule has 4 heteroatoms. The minimum absolute atomic E-state index is 0.0521. The van der Waals surface area contributed by atoms with Gasteiger partial charge in [0.15, 0.2) is 11.5 Å². The highest BCUT2D eigenvalue weighted by molar-refractivity contribution is 7.98. The summed E-state index contributed by atoms with van der Waals surface area (Å²) in [4.78, 5) is 6.47. The largest absolute Gasteiger partial charge is 0.493 e. The van der Waals surface area contributed by atoms with Crippen LogP contribution >= 0.6 is 11.8 Å². The van der Waals surface area contributed by atoms with Gasteiger partial charge in [-0.1, -0.05) is 55.0 Å². The van der Waals surface area contributed by atoms with Crippen LogP contribution in [-0.2, 0) is 18.4 Å². The van der Waals surface area contributed by atoms with Crippen molar-refractivity contribution >= 4 is 18.0 Å². The first-order valence-electron chi connectivity index (χ1n) is 11.3. The summed E-state index contributed by atoms with van der Waals surface area (Å²) >= 11 is 1.84. The predicted molar refractivity (Wildman–Crippen MR) is 132 cm³/mol. The minimum atomic E-state index is 0.0521. The summed E-state index contributed by atoms with van der Waals surface area (Å²) < 4.78 is 12.0. The summed E-state index contributed by atoms with van der Waals surface area (Å²) in [6.07, 6.45) is 8.68. The van der Waals surface area contributed by atoms with Gasteiger partial charge in [-0.3, -0.25) is 4.99 Å². The van der Waals surface area contributed by atoms with Crippen molar-refractivity contribution in [2.75, 3.05) is 13.4 Å². The Morgan fingerprint density at radius 2 is 1.78 bits per heavy atom. The zero-order valence-electron chi connectivity index (χ0n) is 18.7. The van der Waals surface area contributed by atoms with Crippen molar-refractivity contribution in [3.05, 3.63) is 89.0 Å². The molecule has 1 unspecified atom stereocenters. The van der Waals surface area contributed by atoms with E-state index in [0.29, 0.717) is 6.61 Å². The second-order valence-electron chi connectivity index (χ2n) is 8.62. The van der Waals surface area contributed by atoms with E-state index in [1.165, 1.54) is 28.0 Å². The molecule has 32 heavy (non-hydrogen) atoms. The van der Waals surface area contributed by atoms with Gasteiger partial charge in [0, 0.05) is 22.9 Å². The molecule has 0 N–H and O–H groups in total. The summed E-state index contributed by atoms with van der Waals surface area (Å²) in [5, 5.41) is 0. The Morgan fingerprint density at radius 3 is 2.50 bits per heavy atom. The predicted octanol–water partition coefficient (Wildman–Crippen LogP) is 6.79.